The van der Waals surface area contributed by atoms with Crippen molar-refractivity contribution in [2.24, 2.45) is 0 Å². The van der Waals surface area contributed by atoms with Gasteiger partial charge in [0.15, 0.2) is 0 Å². The number of nitrogens with zero attached hydrogens (tertiary/aromatic N) is 2. The van der Waals surface area contributed by atoms with Gasteiger partial charge in [-0.1, -0.05) is 66.7 Å². The van der Waals surface area contributed by atoms with Gasteiger partial charge in [0.2, 0.25) is 5.56 Å². The molecule has 3 heterocycles. The molecule has 0 saturated carbocycles. The number of piperidine rings is 1. The van der Waals surface area contributed by atoms with Gasteiger partial charge in [0.1, 0.15) is 11.9 Å². The van der Waals surface area contributed by atoms with E-state index in [4.69, 9.17) is 4.74 Å². The molecule has 0 atom stereocenters. The lowest BCUT2D eigenvalue weighted by atomic mass is 10.0. The molecule has 262 valence electrons. The maximum atomic E-state index is 13.2. The summed E-state index contributed by atoms with van der Waals surface area (Å²) < 4.78 is 5.80. The fraction of sp³-hybridized carbons (Fsp3) is 0.293. The SMILES string of the molecule is O=C(Nc1ccccc1-c1ccccc1)OC1CCN(CCN2Cc3cc(CCNCCc4ccc(O)c5[nH]c(=O)ccc45)ccc3C2=O)CC1. The average Bonchev–Trinajstić information content (AvgIpc) is 3.46. The van der Waals surface area contributed by atoms with Crippen molar-refractivity contribution in [2.45, 2.75) is 38.3 Å². The minimum absolute atomic E-state index is 0.0727. The molecule has 0 unspecified atom stereocenters. The zero-order valence-corrected chi connectivity index (χ0v) is 28.6. The van der Waals surface area contributed by atoms with E-state index in [2.05, 4.69) is 26.6 Å². The van der Waals surface area contributed by atoms with Crippen molar-refractivity contribution in [3.63, 3.8) is 0 Å². The van der Waals surface area contributed by atoms with E-state index >= 15 is 0 Å². The third-order valence-corrected chi connectivity index (χ3v) is 9.92. The Bertz CT molecular complexity index is 2070. The van der Waals surface area contributed by atoms with Crippen molar-refractivity contribution >= 4 is 28.6 Å². The Kier molecular flexibility index (Phi) is 10.4. The first kappa shape index (κ1) is 34.0. The number of carbonyl (C=O) groups excluding carboxylic acids is 2. The number of ether oxygens (including phenoxy) is 1. The van der Waals surface area contributed by atoms with E-state index in [0.717, 1.165) is 97.3 Å². The Morgan fingerprint density at radius 3 is 2.47 bits per heavy atom. The van der Waals surface area contributed by atoms with Crippen LogP contribution in [0.3, 0.4) is 0 Å². The summed E-state index contributed by atoms with van der Waals surface area (Å²) in [5, 5.41) is 17.4. The van der Waals surface area contributed by atoms with Crippen molar-refractivity contribution in [2.75, 3.05) is 44.6 Å². The van der Waals surface area contributed by atoms with E-state index in [0.29, 0.717) is 18.6 Å². The molecule has 7 rings (SSSR count). The van der Waals surface area contributed by atoms with E-state index in [1.54, 1.807) is 12.1 Å². The van der Waals surface area contributed by atoms with Crippen LogP contribution in [0.15, 0.2) is 102 Å². The molecule has 4 aromatic carbocycles. The number of fused-ring (bicyclic) bond motifs is 2. The molecule has 4 N–H and O–H groups in total. The highest BCUT2D eigenvalue weighted by molar-refractivity contribution is 5.98. The van der Waals surface area contributed by atoms with Crippen LogP contribution in [0.5, 0.6) is 5.75 Å². The Labute approximate surface area is 297 Å². The smallest absolute Gasteiger partial charge is 0.411 e. The first-order valence-electron chi connectivity index (χ1n) is 17.7. The van der Waals surface area contributed by atoms with Gasteiger partial charge >= 0.3 is 6.09 Å². The molecule has 10 heteroatoms. The number of hydrogen-bond acceptors (Lipinski definition) is 7. The Hall–Kier alpha value is -5.45. The van der Waals surface area contributed by atoms with Gasteiger partial charge in [-0.25, -0.2) is 4.79 Å². The van der Waals surface area contributed by atoms with Crippen molar-refractivity contribution in [3.05, 3.63) is 130 Å². The molecule has 1 fully saturated rings. The third-order valence-electron chi connectivity index (χ3n) is 9.92. The molecule has 0 aliphatic carbocycles. The molecule has 10 nitrogen and oxygen atoms in total. The number of hydrogen-bond donors (Lipinski definition) is 4. The summed E-state index contributed by atoms with van der Waals surface area (Å²) in [6, 6.07) is 30.6. The van der Waals surface area contributed by atoms with Crippen LogP contribution in [-0.4, -0.2) is 77.3 Å². The highest BCUT2D eigenvalue weighted by atomic mass is 16.6. The second-order valence-electron chi connectivity index (χ2n) is 13.3. The van der Waals surface area contributed by atoms with Crippen LogP contribution in [0.25, 0.3) is 22.0 Å². The largest absolute Gasteiger partial charge is 0.506 e. The lowest BCUT2D eigenvalue weighted by Crippen LogP contribution is -2.42. The van der Waals surface area contributed by atoms with Crippen LogP contribution >= 0.6 is 0 Å². The second-order valence-corrected chi connectivity index (χ2v) is 13.3. The summed E-state index contributed by atoms with van der Waals surface area (Å²) in [5.74, 6) is 0.159. The van der Waals surface area contributed by atoms with Gasteiger partial charge < -0.3 is 29.9 Å². The Morgan fingerprint density at radius 1 is 0.843 bits per heavy atom. The van der Waals surface area contributed by atoms with Crippen LogP contribution < -0.4 is 16.2 Å². The molecule has 51 heavy (non-hydrogen) atoms. The first-order valence-corrected chi connectivity index (χ1v) is 17.7. The Morgan fingerprint density at radius 2 is 1.63 bits per heavy atom. The molecule has 1 aromatic heterocycles. The number of phenols is 1. The molecule has 2 aliphatic heterocycles. The van der Waals surface area contributed by atoms with Gasteiger partial charge in [-0.2, -0.15) is 0 Å². The summed E-state index contributed by atoms with van der Waals surface area (Å²) in [7, 11) is 0. The van der Waals surface area contributed by atoms with Crippen molar-refractivity contribution < 1.29 is 19.4 Å². The number of anilines is 1. The minimum Gasteiger partial charge on any atom is -0.506 e. The number of rotatable bonds is 12. The predicted octanol–water partition coefficient (Wildman–Crippen LogP) is 5.94. The second kappa shape index (κ2) is 15.6. The number of aromatic nitrogens is 1. The summed E-state index contributed by atoms with van der Waals surface area (Å²) in [6.45, 7) is 5.25. The van der Waals surface area contributed by atoms with Crippen LogP contribution in [0, 0.1) is 0 Å². The quantitative estimate of drug-likeness (QED) is 0.120. The highest BCUT2D eigenvalue weighted by Crippen LogP contribution is 2.29. The monoisotopic (exact) mass is 685 g/mol. The number of phenolic OH excluding ortho intramolecular Hbond substituents is 1. The fourth-order valence-electron chi connectivity index (χ4n) is 7.13. The molecule has 1 saturated heterocycles. The molecule has 2 amide bonds. The number of pyridine rings is 1. The fourth-order valence-corrected chi connectivity index (χ4v) is 7.13. The maximum Gasteiger partial charge on any atom is 0.411 e. The molecule has 5 aromatic rings. The van der Waals surface area contributed by atoms with Gasteiger partial charge in [-0.15, -0.1) is 0 Å². The lowest BCUT2D eigenvalue weighted by molar-refractivity contribution is 0.0528. The molecule has 0 radical (unpaired) electrons. The molecule has 0 spiro atoms. The number of para-hydroxylation sites is 1. The standard InChI is InChI=1S/C41H43N5O5/c47-37-14-11-30(34-13-15-38(48)44-39(34)37)17-21-42-20-16-28-10-12-35-31(26-28)27-46(40(35)49)25-24-45-22-18-32(19-23-45)51-41(50)43-36-9-5-4-8-33(36)29-6-2-1-3-7-29/h1-15,26,32,42,47H,16-25,27H2,(H,43,50)(H,44,48). The number of aromatic hydroxyl groups is 1. The van der Waals surface area contributed by atoms with Crippen LogP contribution in [0.4, 0.5) is 10.5 Å². The highest BCUT2D eigenvalue weighted by Gasteiger charge is 2.29. The third kappa shape index (κ3) is 8.14. The first-order chi connectivity index (χ1) is 24.9. The average molecular weight is 686 g/mol. The van der Waals surface area contributed by atoms with Crippen molar-refractivity contribution in [3.8, 4) is 16.9 Å². The van der Waals surface area contributed by atoms with Gasteiger partial charge in [0.25, 0.3) is 5.91 Å². The number of aromatic amines is 1. The van der Waals surface area contributed by atoms with E-state index < -0.39 is 6.09 Å². The van der Waals surface area contributed by atoms with Crippen LogP contribution in [0.1, 0.15) is 39.9 Å². The number of carbonyl (C=O) groups is 2. The number of H-pyrrole nitrogens is 1. The van der Waals surface area contributed by atoms with Crippen LogP contribution in [0.2, 0.25) is 0 Å². The maximum absolute atomic E-state index is 13.2. The minimum atomic E-state index is -0.435. The lowest BCUT2D eigenvalue weighted by Gasteiger charge is -2.32. The molecule has 0 bridgehead atoms. The van der Waals surface area contributed by atoms with Crippen molar-refractivity contribution in [1.82, 2.24) is 20.1 Å². The number of amides is 2. The number of nitrogens with one attached hydrogen (secondary N) is 3. The van der Waals surface area contributed by atoms with Gasteiger partial charge in [-0.05, 0) is 85.3 Å². The molecular formula is C41H43N5O5. The summed E-state index contributed by atoms with van der Waals surface area (Å²) in [6.07, 6.45) is 2.54. The predicted molar refractivity (Wildman–Crippen MR) is 199 cm³/mol. The van der Waals surface area contributed by atoms with E-state index in [1.165, 1.54) is 11.6 Å². The van der Waals surface area contributed by atoms with Crippen molar-refractivity contribution in [1.29, 1.82) is 0 Å². The van der Waals surface area contributed by atoms with E-state index in [-0.39, 0.29) is 23.3 Å². The van der Waals surface area contributed by atoms with Gasteiger partial charge in [0, 0.05) is 55.3 Å². The van der Waals surface area contributed by atoms with Gasteiger partial charge in [-0.3, -0.25) is 14.9 Å². The van der Waals surface area contributed by atoms with Gasteiger partial charge in [0.05, 0.1) is 11.2 Å². The summed E-state index contributed by atoms with van der Waals surface area (Å²) in [5.41, 5.74) is 7.06. The summed E-state index contributed by atoms with van der Waals surface area (Å²) in [4.78, 5) is 44.7. The number of likely N-dealkylation sites (tertiary alicyclic amines) is 1. The molecule has 2 aliphatic rings. The Balaban J connectivity index is 0.823. The zero-order chi connectivity index (χ0) is 35.2. The summed E-state index contributed by atoms with van der Waals surface area (Å²) >= 11 is 0. The van der Waals surface area contributed by atoms with E-state index in [9.17, 15) is 19.5 Å². The zero-order valence-electron chi connectivity index (χ0n) is 28.6. The molecular weight excluding hydrogens is 642 g/mol. The number of benzene rings is 4. The normalized spacial score (nSPS) is 14.9. The van der Waals surface area contributed by atoms with Crippen LogP contribution in [-0.2, 0) is 24.1 Å². The van der Waals surface area contributed by atoms with E-state index in [1.807, 2.05) is 77.7 Å². The topological polar surface area (TPSA) is 127 Å².